The molecule has 1 aromatic carbocycles. The van der Waals surface area contributed by atoms with Crippen LogP contribution in [0, 0.1) is 17.0 Å². The minimum Gasteiger partial charge on any atom is -0.382 e. The predicted molar refractivity (Wildman–Crippen MR) is 72.0 cm³/mol. The van der Waals surface area contributed by atoms with E-state index in [1.54, 1.807) is 12.1 Å². The summed E-state index contributed by atoms with van der Waals surface area (Å²) in [5.74, 6) is 0. The SMILES string of the molecule is Cc1cc([N+](=O)[O-])ccc1NC1CCCNCC1. The van der Waals surface area contributed by atoms with Crippen LogP contribution in [0.3, 0.4) is 0 Å². The van der Waals surface area contributed by atoms with Crippen molar-refractivity contribution in [1.82, 2.24) is 5.32 Å². The van der Waals surface area contributed by atoms with Crippen molar-refractivity contribution in [3.63, 3.8) is 0 Å². The summed E-state index contributed by atoms with van der Waals surface area (Å²) in [6.45, 7) is 4.02. The number of nitro groups is 1. The number of rotatable bonds is 3. The van der Waals surface area contributed by atoms with Crippen molar-refractivity contribution < 1.29 is 4.92 Å². The Kier molecular flexibility index (Phi) is 4.15. The molecule has 1 unspecified atom stereocenters. The van der Waals surface area contributed by atoms with Crippen molar-refractivity contribution in [2.24, 2.45) is 0 Å². The molecule has 0 aliphatic carbocycles. The van der Waals surface area contributed by atoms with Crippen LogP contribution in [-0.2, 0) is 0 Å². The second kappa shape index (κ2) is 5.82. The molecule has 98 valence electrons. The summed E-state index contributed by atoms with van der Waals surface area (Å²) in [5, 5.41) is 17.5. The third-order valence-electron chi connectivity index (χ3n) is 3.36. The maximum Gasteiger partial charge on any atom is 0.269 e. The predicted octanol–water partition coefficient (Wildman–Crippen LogP) is 2.46. The molecule has 0 aromatic heterocycles. The molecule has 2 rings (SSSR count). The van der Waals surface area contributed by atoms with E-state index in [-0.39, 0.29) is 10.6 Å². The van der Waals surface area contributed by atoms with E-state index >= 15 is 0 Å². The van der Waals surface area contributed by atoms with E-state index in [9.17, 15) is 10.1 Å². The van der Waals surface area contributed by atoms with E-state index < -0.39 is 0 Å². The lowest BCUT2D eigenvalue weighted by Crippen LogP contribution is -2.21. The van der Waals surface area contributed by atoms with Gasteiger partial charge in [0.2, 0.25) is 0 Å². The number of hydrogen-bond donors (Lipinski definition) is 2. The Labute approximate surface area is 107 Å². The van der Waals surface area contributed by atoms with Crippen LogP contribution >= 0.6 is 0 Å². The topological polar surface area (TPSA) is 67.2 Å². The molecule has 1 saturated heterocycles. The summed E-state index contributed by atoms with van der Waals surface area (Å²) in [5.41, 5.74) is 2.09. The zero-order valence-corrected chi connectivity index (χ0v) is 10.6. The molecule has 0 spiro atoms. The first-order valence-corrected chi connectivity index (χ1v) is 6.39. The van der Waals surface area contributed by atoms with E-state index in [0.29, 0.717) is 6.04 Å². The van der Waals surface area contributed by atoms with Crippen molar-refractivity contribution in [2.45, 2.75) is 32.2 Å². The lowest BCUT2D eigenvalue weighted by Gasteiger charge is -2.18. The largest absolute Gasteiger partial charge is 0.382 e. The van der Waals surface area contributed by atoms with Crippen molar-refractivity contribution >= 4 is 11.4 Å². The van der Waals surface area contributed by atoms with Crippen LogP contribution in [0.2, 0.25) is 0 Å². The second-order valence-corrected chi connectivity index (χ2v) is 4.78. The second-order valence-electron chi connectivity index (χ2n) is 4.78. The average Bonchev–Trinajstić information content (AvgIpc) is 2.60. The molecular formula is C13H19N3O2. The van der Waals surface area contributed by atoms with Gasteiger partial charge in [-0.3, -0.25) is 10.1 Å². The smallest absolute Gasteiger partial charge is 0.269 e. The van der Waals surface area contributed by atoms with Crippen molar-refractivity contribution in [3.05, 3.63) is 33.9 Å². The molecule has 0 radical (unpaired) electrons. The fourth-order valence-corrected chi connectivity index (χ4v) is 2.31. The Morgan fingerprint density at radius 2 is 2.22 bits per heavy atom. The third kappa shape index (κ3) is 3.20. The van der Waals surface area contributed by atoms with Gasteiger partial charge in [-0.05, 0) is 50.9 Å². The number of nitrogens with one attached hydrogen (secondary N) is 2. The van der Waals surface area contributed by atoms with Crippen molar-refractivity contribution in [1.29, 1.82) is 0 Å². The fraction of sp³-hybridized carbons (Fsp3) is 0.538. The lowest BCUT2D eigenvalue weighted by atomic mass is 10.1. The molecule has 1 aliphatic rings. The van der Waals surface area contributed by atoms with E-state index in [2.05, 4.69) is 10.6 Å². The minimum absolute atomic E-state index is 0.153. The van der Waals surface area contributed by atoms with Crippen LogP contribution in [0.4, 0.5) is 11.4 Å². The number of aryl methyl sites for hydroxylation is 1. The molecule has 1 atom stereocenters. The standard InChI is InChI=1S/C13H19N3O2/c1-10-9-12(16(17)18)4-5-13(10)15-11-3-2-7-14-8-6-11/h4-5,9,11,14-15H,2-3,6-8H2,1H3. The molecule has 1 fully saturated rings. The van der Waals surface area contributed by atoms with E-state index in [1.165, 1.54) is 6.42 Å². The highest BCUT2D eigenvalue weighted by atomic mass is 16.6. The Bertz CT molecular complexity index is 426. The van der Waals surface area contributed by atoms with Gasteiger partial charge in [-0.25, -0.2) is 0 Å². The highest BCUT2D eigenvalue weighted by molar-refractivity contribution is 5.55. The highest BCUT2D eigenvalue weighted by Crippen LogP contribution is 2.23. The fourth-order valence-electron chi connectivity index (χ4n) is 2.31. The summed E-state index contributed by atoms with van der Waals surface area (Å²) >= 11 is 0. The maximum absolute atomic E-state index is 10.7. The Hall–Kier alpha value is -1.62. The van der Waals surface area contributed by atoms with Crippen LogP contribution in [0.15, 0.2) is 18.2 Å². The third-order valence-corrected chi connectivity index (χ3v) is 3.36. The van der Waals surface area contributed by atoms with Crippen LogP contribution in [-0.4, -0.2) is 24.1 Å². The summed E-state index contributed by atoms with van der Waals surface area (Å²) in [6.07, 6.45) is 3.41. The molecule has 5 heteroatoms. The Morgan fingerprint density at radius 3 is 2.94 bits per heavy atom. The van der Waals surface area contributed by atoms with Gasteiger partial charge in [0.15, 0.2) is 0 Å². The van der Waals surface area contributed by atoms with Gasteiger partial charge in [0.25, 0.3) is 5.69 Å². The first-order valence-electron chi connectivity index (χ1n) is 6.39. The first kappa shape index (κ1) is 12.8. The number of benzene rings is 1. The van der Waals surface area contributed by atoms with Crippen LogP contribution in [0.25, 0.3) is 0 Å². The summed E-state index contributed by atoms with van der Waals surface area (Å²) in [4.78, 5) is 10.3. The first-order chi connectivity index (χ1) is 8.66. The molecule has 18 heavy (non-hydrogen) atoms. The normalized spacial score (nSPS) is 20.2. The molecule has 0 saturated carbocycles. The van der Waals surface area contributed by atoms with Gasteiger partial charge >= 0.3 is 0 Å². The van der Waals surface area contributed by atoms with E-state index in [4.69, 9.17) is 0 Å². The molecule has 0 bridgehead atoms. The zero-order valence-electron chi connectivity index (χ0n) is 10.6. The number of nitro benzene ring substituents is 1. The molecule has 0 amide bonds. The number of non-ortho nitro benzene ring substituents is 1. The van der Waals surface area contributed by atoms with Crippen LogP contribution < -0.4 is 10.6 Å². The van der Waals surface area contributed by atoms with Gasteiger partial charge < -0.3 is 10.6 Å². The molecule has 1 heterocycles. The monoisotopic (exact) mass is 249 g/mol. The quantitative estimate of drug-likeness (QED) is 0.638. The highest BCUT2D eigenvalue weighted by Gasteiger charge is 2.14. The molecule has 1 aromatic rings. The van der Waals surface area contributed by atoms with Crippen LogP contribution in [0.5, 0.6) is 0 Å². The van der Waals surface area contributed by atoms with E-state index in [0.717, 1.165) is 37.2 Å². The van der Waals surface area contributed by atoms with Crippen molar-refractivity contribution in [3.8, 4) is 0 Å². The zero-order chi connectivity index (χ0) is 13.0. The summed E-state index contributed by atoms with van der Waals surface area (Å²) in [7, 11) is 0. The molecule has 2 N–H and O–H groups in total. The van der Waals surface area contributed by atoms with Gasteiger partial charge in [-0.2, -0.15) is 0 Å². The summed E-state index contributed by atoms with van der Waals surface area (Å²) < 4.78 is 0. The lowest BCUT2D eigenvalue weighted by molar-refractivity contribution is -0.384. The van der Waals surface area contributed by atoms with Gasteiger partial charge in [-0.15, -0.1) is 0 Å². The maximum atomic E-state index is 10.7. The number of hydrogen-bond acceptors (Lipinski definition) is 4. The minimum atomic E-state index is -0.355. The molecule has 1 aliphatic heterocycles. The summed E-state index contributed by atoms with van der Waals surface area (Å²) in [6, 6.07) is 5.45. The number of nitrogens with zero attached hydrogens (tertiary/aromatic N) is 1. The van der Waals surface area contributed by atoms with Gasteiger partial charge in [0.1, 0.15) is 0 Å². The van der Waals surface area contributed by atoms with E-state index in [1.807, 2.05) is 13.0 Å². The molecular weight excluding hydrogens is 230 g/mol. The van der Waals surface area contributed by atoms with Gasteiger partial charge in [0.05, 0.1) is 4.92 Å². The van der Waals surface area contributed by atoms with Gasteiger partial charge in [-0.1, -0.05) is 0 Å². The Morgan fingerprint density at radius 1 is 1.39 bits per heavy atom. The number of anilines is 1. The molecule has 5 nitrogen and oxygen atoms in total. The van der Waals surface area contributed by atoms with Crippen molar-refractivity contribution in [2.75, 3.05) is 18.4 Å². The average molecular weight is 249 g/mol. The van der Waals surface area contributed by atoms with Gasteiger partial charge in [0, 0.05) is 23.9 Å². The Balaban J connectivity index is 2.06. The van der Waals surface area contributed by atoms with Crippen LogP contribution in [0.1, 0.15) is 24.8 Å².